The molecule has 2 aromatic carbocycles. The van der Waals surface area contributed by atoms with E-state index < -0.39 is 17.8 Å². The average molecular weight is 388 g/mol. The number of benzene rings is 2. The molecule has 0 fully saturated rings. The highest BCUT2D eigenvalue weighted by Crippen LogP contribution is 2.45. The summed E-state index contributed by atoms with van der Waals surface area (Å²) >= 11 is 5.94. The quantitative estimate of drug-likeness (QED) is 0.670. The minimum Gasteiger partial charge on any atom is -0.292 e. The topological polar surface area (TPSA) is 49.0 Å². The SMILES string of the molecule is CC(C)c1[nH]nc2c1C(c1ccc(F)cc1)N(c1cccc(Cl)c1F)C2=O. The maximum Gasteiger partial charge on any atom is 0.280 e. The predicted molar refractivity (Wildman–Crippen MR) is 99.1 cm³/mol. The first-order chi connectivity index (χ1) is 12.9. The number of nitrogens with zero attached hydrogens (tertiary/aromatic N) is 2. The van der Waals surface area contributed by atoms with E-state index in [4.69, 9.17) is 11.6 Å². The normalized spacial score (nSPS) is 16.3. The van der Waals surface area contributed by atoms with Crippen molar-refractivity contribution in [2.45, 2.75) is 25.8 Å². The number of amides is 1. The van der Waals surface area contributed by atoms with Crippen LogP contribution in [-0.4, -0.2) is 16.1 Å². The number of aromatic nitrogens is 2. The summed E-state index contributed by atoms with van der Waals surface area (Å²) in [5.74, 6) is -1.43. The second-order valence-electron chi connectivity index (χ2n) is 6.76. The first kappa shape index (κ1) is 17.7. The van der Waals surface area contributed by atoms with Crippen molar-refractivity contribution in [2.75, 3.05) is 4.90 Å². The average Bonchev–Trinajstić information content (AvgIpc) is 3.18. The van der Waals surface area contributed by atoms with Gasteiger partial charge in [-0.3, -0.25) is 14.8 Å². The van der Waals surface area contributed by atoms with Crippen LogP contribution < -0.4 is 4.90 Å². The molecule has 138 valence electrons. The van der Waals surface area contributed by atoms with E-state index in [0.29, 0.717) is 11.1 Å². The van der Waals surface area contributed by atoms with Gasteiger partial charge in [0.25, 0.3) is 5.91 Å². The zero-order valence-electron chi connectivity index (χ0n) is 14.6. The van der Waals surface area contributed by atoms with Crippen molar-refractivity contribution in [1.29, 1.82) is 0 Å². The van der Waals surface area contributed by atoms with Crippen LogP contribution in [0.5, 0.6) is 0 Å². The highest BCUT2D eigenvalue weighted by atomic mass is 35.5. The number of rotatable bonds is 3. The Morgan fingerprint density at radius 3 is 2.52 bits per heavy atom. The van der Waals surface area contributed by atoms with Gasteiger partial charge in [0.2, 0.25) is 0 Å². The zero-order chi connectivity index (χ0) is 19.3. The second kappa shape index (κ2) is 6.46. The molecule has 0 saturated carbocycles. The minimum atomic E-state index is -0.681. The molecular formula is C20H16ClF2N3O. The summed E-state index contributed by atoms with van der Waals surface area (Å²) in [4.78, 5) is 14.4. The first-order valence-corrected chi connectivity index (χ1v) is 8.89. The molecule has 4 nitrogen and oxygen atoms in total. The molecule has 4 rings (SSSR count). The monoisotopic (exact) mass is 387 g/mol. The van der Waals surface area contributed by atoms with Crippen LogP contribution in [0.25, 0.3) is 0 Å². The molecule has 1 amide bonds. The van der Waals surface area contributed by atoms with Crippen LogP contribution in [0.1, 0.15) is 53.1 Å². The summed E-state index contributed by atoms with van der Waals surface area (Å²) in [6, 6.07) is 9.70. The van der Waals surface area contributed by atoms with Gasteiger partial charge in [0.1, 0.15) is 5.82 Å². The van der Waals surface area contributed by atoms with Gasteiger partial charge in [-0.15, -0.1) is 0 Å². The number of carbonyl (C=O) groups is 1. The fraction of sp³-hybridized carbons (Fsp3) is 0.200. The van der Waals surface area contributed by atoms with Crippen molar-refractivity contribution >= 4 is 23.2 Å². The summed E-state index contributed by atoms with van der Waals surface area (Å²) in [7, 11) is 0. The van der Waals surface area contributed by atoms with Gasteiger partial charge in [-0.05, 0) is 35.7 Å². The zero-order valence-corrected chi connectivity index (χ0v) is 15.4. The fourth-order valence-electron chi connectivity index (χ4n) is 3.49. The molecule has 1 aromatic heterocycles. The Morgan fingerprint density at radius 2 is 1.85 bits per heavy atom. The maximum absolute atomic E-state index is 14.8. The van der Waals surface area contributed by atoms with E-state index in [-0.39, 0.29) is 28.1 Å². The van der Waals surface area contributed by atoms with Crippen LogP contribution in [0.15, 0.2) is 42.5 Å². The fourth-order valence-corrected chi connectivity index (χ4v) is 3.66. The lowest BCUT2D eigenvalue weighted by Crippen LogP contribution is -2.30. The van der Waals surface area contributed by atoms with Crippen LogP contribution >= 0.6 is 11.6 Å². The van der Waals surface area contributed by atoms with Crippen LogP contribution in [-0.2, 0) is 0 Å². The Bertz CT molecular complexity index is 1030. The lowest BCUT2D eigenvalue weighted by atomic mass is 9.94. The predicted octanol–water partition coefficient (Wildman–Crippen LogP) is 5.21. The molecule has 0 aliphatic carbocycles. The third-order valence-electron chi connectivity index (χ3n) is 4.74. The lowest BCUT2D eigenvalue weighted by molar-refractivity contribution is 0.0988. The van der Waals surface area contributed by atoms with E-state index in [1.807, 2.05) is 13.8 Å². The summed E-state index contributed by atoms with van der Waals surface area (Å²) < 4.78 is 28.2. The smallest absolute Gasteiger partial charge is 0.280 e. The van der Waals surface area contributed by atoms with E-state index in [2.05, 4.69) is 10.2 Å². The Morgan fingerprint density at radius 1 is 1.15 bits per heavy atom. The molecule has 1 atom stereocenters. The van der Waals surface area contributed by atoms with Gasteiger partial charge >= 0.3 is 0 Å². The number of hydrogen-bond donors (Lipinski definition) is 1. The standard InChI is InChI=1S/C20H16ClF2N3O/c1-10(2)17-15-18(25-24-17)20(27)26(14-5-3-4-13(21)16(14)23)19(15)11-6-8-12(22)9-7-11/h3-10,19H,1-2H3,(H,24,25). The highest BCUT2D eigenvalue weighted by molar-refractivity contribution is 6.31. The van der Waals surface area contributed by atoms with Crippen LogP contribution in [0, 0.1) is 11.6 Å². The number of carbonyl (C=O) groups excluding carboxylic acids is 1. The molecule has 1 unspecified atom stereocenters. The Kier molecular flexibility index (Phi) is 4.23. The summed E-state index contributed by atoms with van der Waals surface area (Å²) in [6.45, 7) is 3.95. The van der Waals surface area contributed by atoms with Gasteiger partial charge < -0.3 is 0 Å². The van der Waals surface area contributed by atoms with Gasteiger partial charge in [0.05, 0.1) is 16.8 Å². The molecular weight excluding hydrogens is 372 g/mol. The van der Waals surface area contributed by atoms with Gasteiger partial charge in [-0.2, -0.15) is 5.10 Å². The van der Waals surface area contributed by atoms with Gasteiger partial charge in [-0.1, -0.05) is 43.6 Å². The minimum absolute atomic E-state index is 0.0644. The molecule has 1 aliphatic heterocycles. The number of nitrogens with one attached hydrogen (secondary N) is 1. The van der Waals surface area contributed by atoms with Gasteiger partial charge in [0, 0.05) is 11.3 Å². The van der Waals surface area contributed by atoms with Crippen molar-refractivity contribution in [3.05, 3.63) is 81.6 Å². The van der Waals surface area contributed by atoms with E-state index in [1.54, 1.807) is 18.2 Å². The lowest BCUT2D eigenvalue weighted by Gasteiger charge is -2.27. The molecule has 0 radical (unpaired) electrons. The number of hydrogen-bond acceptors (Lipinski definition) is 2. The molecule has 27 heavy (non-hydrogen) atoms. The second-order valence-corrected chi connectivity index (χ2v) is 7.16. The Balaban J connectivity index is 1.96. The highest BCUT2D eigenvalue weighted by Gasteiger charge is 2.44. The van der Waals surface area contributed by atoms with E-state index in [9.17, 15) is 13.6 Å². The van der Waals surface area contributed by atoms with Crippen LogP contribution in [0.3, 0.4) is 0 Å². The third-order valence-corrected chi connectivity index (χ3v) is 5.03. The van der Waals surface area contributed by atoms with Crippen molar-refractivity contribution in [3.8, 4) is 0 Å². The molecule has 0 saturated heterocycles. The van der Waals surface area contributed by atoms with Crippen molar-refractivity contribution < 1.29 is 13.6 Å². The Hall–Kier alpha value is -2.73. The number of aromatic amines is 1. The Labute approximate surface area is 159 Å². The summed E-state index contributed by atoms with van der Waals surface area (Å²) in [5.41, 5.74) is 2.44. The summed E-state index contributed by atoms with van der Waals surface area (Å²) in [5, 5.41) is 7.02. The van der Waals surface area contributed by atoms with E-state index in [0.717, 1.165) is 5.69 Å². The number of fused-ring (bicyclic) bond motifs is 1. The van der Waals surface area contributed by atoms with Crippen molar-refractivity contribution in [1.82, 2.24) is 10.2 Å². The van der Waals surface area contributed by atoms with Crippen LogP contribution in [0.4, 0.5) is 14.5 Å². The molecule has 2 heterocycles. The molecule has 7 heteroatoms. The van der Waals surface area contributed by atoms with Gasteiger partial charge in [0.15, 0.2) is 11.5 Å². The molecule has 1 aliphatic rings. The van der Waals surface area contributed by atoms with Crippen molar-refractivity contribution in [3.63, 3.8) is 0 Å². The summed E-state index contributed by atoms with van der Waals surface area (Å²) in [6.07, 6.45) is 0. The molecule has 0 spiro atoms. The molecule has 3 aromatic rings. The largest absolute Gasteiger partial charge is 0.292 e. The third kappa shape index (κ3) is 2.72. The van der Waals surface area contributed by atoms with E-state index >= 15 is 0 Å². The number of H-pyrrole nitrogens is 1. The molecule has 0 bridgehead atoms. The number of anilines is 1. The maximum atomic E-state index is 14.8. The van der Waals surface area contributed by atoms with Crippen molar-refractivity contribution in [2.24, 2.45) is 0 Å². The van der Waals surface area contributed by atoms with Gasteiger partial charge in [-0.25, -0.2) is 8.78 Å². The first-order valence-electron chi connectivity index (χ1n) is 8.51. The van der Waals surface area contributed by atoms with E-state index in [1.165, 1.54) is 29.2 Å². The number of halogens is 3. The van der Waals surface area contributed by atoms with Crippen LogP contribution in [0.2, 0.25) is 5.02 Å². The molecule has 1 N–H and O–H groups in total.